The quantitative estimate of drug-likeness (QED) is 0.163. The van der Waals surface area contributed by atoms with Crippen molar-refractivity contribution in [1.29, 1.82) is 0 Å². The second-order valence-corrected chi connectivity index (χ2v) is 10.5. The van der Waals surface area contributed by atoms with Crippen molar-refractivity contribution in [2.45, 2.75) is 114 Å². The molecular formula is C22H39Cl3O2. The summed E-state index contributed by atoms with van der Waals surface area (Å²) < 4.78 is 3.78. The van der Waals surface area contributed by atoms with Crippen molar-refractivity contribution >= 4 is 40.8 Å². The number of unbranched alkanes of at least 4 members (excludes halogenated alkanes) is 6. The Labute approximate surface area is 182 Å². The molecule has 0 aromatic heterocycles. The van der Waals surface area contributed by atoms with Gasteiger partial charge in [-0.15, -0.1) is 0 Å². The van der Waals surface area contributed by atoms with Crippen molar-refractivity contribution < 1.29 is 9.53 Å². The van der Waals surface area contributed by atoms with E-state index in [0.717, 1.165) is 12.8 Å². The Morgan fingerprint density at radius 3 is 1.78 bits per heavy atom. The number of carbonyl (C=O) groups excluding carboxylic acids is 1. The maximum Gasteiger partial charge on any atom is 0.358 e. The Bertz CT molecular complexity index is 409. The zero-order valence-corrected chi connectivity index (χ0v) is 19.7. The van der Waals surface area contributed by atoms with Gasteiger partial charge in [0.15, 0.2) is 0 Å². The van der Waals surface area contributed by atoms with Crippen LogP contribution in [0.3, 0.4) is 0 Å². The third kappa shape index (κ3) is 9.13. The summed E-state index contributed by atoms with van der Waals surface area (Å²) in [5, 5.41) is 0. The van der Waals surface area contributed by atoms with E-state index in [2.05, 4.69) is 20.8 Å². The molecule has 1 aliphatic carbocycles. The number of halogens is 3. The van der Waals surface area contributed by atoms with Gasteiger partial charge in [-0.25, -0.2) is 4.79 Å². The lowest BCUT2D eigenvalue weighted by Crippen LogP contribution is -2.31. The lowest BCUT2D eigenvalue weighted by atomic mass is 9.80. The van der Waals surface area contributed by atoms with E-state index in [1.54, 1.807) is 0 Å². The molecule has 1 rings (SSSR count). The maximum absolute atomic E-state index is 12.2. The summed E-state index contributed by atoms with van der Waals surface area (Å²) in [4.78, 5) is 12.2. The average Bonchev–Trinajstić information content (AvgIpc) is 2.92. The van der Waals surface area contributed by atoms with Crippen molar-refractivity contribution in [3.8, 4) is 0 Å². The topological polar surface area (TPSA) is 26.3 Å². The molecule has 5 heteroatoms. The molecule has 160 valence electrons. The van der Waals surface area contributed by atoms with Crippen LogP contribution in [0.1, 0.15) is 104 Å². The molecule has 2 nitrogen and oxygen atoms in total. The molecule has 0 bridgehead atoms. The molecule has 0 N–H and O–H groups in total. The molecule has 4 atom stereocenters. The fourth-order valence-electron chi connectivity index (χ4n) is 4.71. The van der Waals surface area contributed by atoms with Crippen molar-refractivity contribution in [3.05, 3.63) is 0 Å². The predicted molar refractivity (Wildman–Crippen MR) is 118 cm³/mol. The van der Waals surface area contributed by atoms with E-state index in [-0.39, 0.29) is 6.10 Å². The molecule has 4 unspecified atom stereocenters. The van der Waals surface area contributed by atoms with Gasteiger partial charge in [0.2, 0.25) is 0 Å². The van der Waals surface area contributed by atoms with Gasteiger partial charge < -0.3 is 4.74 Å². The van der Waals surface area contributed by atoms with Gasteiger partial charge in [0.05, 0.1) is 0 Å². The summed E-state index contributed by atoms with van der Waals surface area (Å²) >= 11 is 17.3. The SMILES string of the molecule is CCCCCC1CC(OC(=O)C(Cl)(Cl)Cl)C(CCCCC)C1CCCCC. The van der Waals surface area contributed by atoms with Crippen LogP contribution < -0.4 is 0 Å². The minimum atomic E-state index is -1.98. The van der Waals surface area contributed by atoms with Crippen LogP contribution in [0.2, 0.25) is 0 Å². The highest BCUT2D eigenvalue weighted by Gasteiger charge is 2.46. The minimum absolute atomic E-state index is 0.0942. The van der Waals surface area contributed by atoms with E-state index in [4.69, 9.17) is 39.5 Å². The Morgan fingerprint density at radius 2 is 1.30 bits per heavy atom. The Hall–Kier alpha value is 0.340. The van der Waals surface area contributed by atoms with Crippen LogP contribution in [0.15, 0.2) is 0 Å². The number of ether oxygens (including phenoxy) is 1. The summed E-state index contributed by atoms with van der Waals surface area (Å²) in [6.07, 6.45) is 15.6. The smallest absolute Gasteiger partial charge is 0.358 e. The van der Waals surface area contributed by atoms with E-state index in [1.165, 1.54) is 70.6 Å². The van der Waals surface area contributed by atoms with Crippen LogP contribution in [0.25, 0.3) is 0 Å². The van der Waals surface area contributed by atoms with E-state index in [9.17, 15) is 4.79 Å². The molecule has 0 saturated heterocycles. The van der Waals surface area contributed by atoms with Gasteiger partial charge in [-0.2, -0.15) is 0 Å². The molecule has 0 aromatic carbocycles. The maximum atomic E-state index is 12.2. The molecule has 27 heavy (non-hydrogen) atoms. The monoisotopic (exact) mass is 440 g/mol. The molecular weight excluding hydrogens is 403 g/mol. The van der Waals surface area contributed by atoms with Crippen LogP contribution in [0.5, 0.6) is 0 Å². The Kier molecular flexibility index (Phi) is 12.7. The third-order valence-corrected chi connectivity index (χ3v) is 6.58. The highest BCUT2D eigenvalue weighted by atomic mass is 35.6. The number of hydrogen-bond donors (Lipinski definition) is 0. The summed E-state index contributed by atoms with van der Waals surface area (Å²) in [7, 11) is 0. The molecule has 0 amide bonds. The Morgan fingerprint density at radius 1 is 0.815 bits per heavy atom. The summed E-state index contributed by atoms with van der Waals surface area (Å²) in [5.41, 5.74) is 0. The summed E-state index contributed by atoms with van der Waals surface area (Å²) in [6, 6.07) is 0. The minimum Gasteiger partial charge on any atom is -0.459 e. The second kappa shape index (κ2) is 13.5. The van der Waals surface area contributed by atoms with Gasteiger partial charge >= 0.3 is 5.97 Å². The highest BCUT2D eigenvalue weighted by molar-refractivity contribution is 6.75. The van der Waals surface area contributed by atoms with Crippen molar-refractivity contribution in [1.82, 2.24) is 0 Å². The largest absolute Gasteiger partial charge is 0.459 e. The first-order valence-corrected chi connectivity index (χ1v) is 12.3. The van der Waals surface area contributed by atoms with Crippen LogP contribution in [-0.4, -0.2) is 15.9 Å². The van der Waals surface area contributed by atoms with Crippen LogP contribution >= 0.6 is 34.8 Å². The van der Waals surface area contributed by atoms with E-state index in [0.29, 0.717) is 17.8 Å². The van der Waals surface area contributed by atoms with Gasteiger partial charge in [0, 0.05) is 0 Å². The number of rotatable bonds is 13. The second-order valence-electron chi connectivity index (χ2n) is 8.25. The third-order valence-electron chi connectivity index (χ3n) is 6.12. The van der Waals surface area contributed by atoms with Crippen LogP contribution in [-0.2, 0) is 9.53 Å². The number of hydrogen-bond acceptors (Lipinski definition) is 2. The fourth-order valence-corrected chi connectivity index (χ4v) is 4.84. The highest BCUT2D eigenvalue weighted by Crippen LogP contribution is 2.47. The molecule has 0 aromatic rings. The van der Waals surface area contributed by atoms with E-state index >= 15 is 0 Å². The van der Waals surface area contributed by atoms with Gasteiger partial charge in [0.25, 0.3) is 3.79 Å². The molecule has 0 heterocycles. The fraction of sp³-hybridized carbons (Fsp3) is 0.955. The van der Waals surface area contributed by atoms with Gasteiger partial charge in [0.1, 0.15) is 6.10 Å². The lowest BCUT2D eigenvalue weighted by molar-refractivity contribution is -0.150. The molecule has 1 saturated carbocycles. The zero-order valence-electron chi connectivity index (χ0n) is 17.5. The molecule has 1 aliphatic rings. The van der Waals surface area contributed by atoms with E-state index < -0.39 is 9.76 Å². The standard InChI is InChI=1S/C22H39Cl3O2/c1-4-7-10-13-17-16-20(27-21(26)22(23,24)25)19(15-12-9-6-3)18(17)14-11-8-5-2/h17-20H,4-16H2,1-3H3. The lowest BCUT2D eigenvalue weighted by Gasteiger charge is -2.27. The van der Waals surface area contributed by atoms with Crippen molar-refractivity contribution in [2.24, 2.45) is 17.8 Å². The van der Waals surface area contributed by atoms with Crippen LogP contribution in [0, 0.1) is 17.8 Å². The normalized spacial score (nSPS) is 25.7. The molecule has 0 radical (unpaired) electrons. The summed E-state index contributed by atoms with van der Waals surface area (Å²) in [5.74, 6) is 0.975. The van der Waals surface area contributed by atoms with Crippen LogP contribution in [0.4, 0.5) is 0 Å². The number of esters is 1. The van der Waals surface area contributed by atoms with Gasteiger partial charge in [-0.05, 0) is 37.0 Å². The van der Waals surface area contributed by atoms with E-state index in [1.807, 2.05) is 0 Å². The first kappa shape index (κ1) is 25.4. The molecule has 0 aliphatic heterocycles. The Balaban J connectivity index is 2.86. The van der Waals surface area contributed by atoms with Gasteiger partial charge in [-0.1, -0.05) is 120 Å². The average molecular weight is 442 g/mol. The first-order chi connectivity index (χ1) is 12.8. The van der Waals surface area contributed by atoms with Crippen molar-refractivity contribution in [3.63, 3.8) is 0 Å². The number of alkyl halides is 3. The number of carbonyl (C=O) groups is 1. The van der Waals surface area contributed by atoms with Gasteiger partial charge in [-0.3, -0.25) is 0 Å². The molecule has 1 fully saturated rings. The summed E-state index contributed by atoms with van der Waals surface area (Å²) in [6.45, 7) is 6.71. The zero-order chi connectivity index (χ0) is 20.3. The first-order valence-electron chi connectivity index (χ1n) is 11.1. The van der Waals surface area contributed by atoms with Crippen molar-refractivity contribution in [2.75, 3.05) is 0 Å². The molecule has 0 spiro atoms. The predicted octanol–water partition coefficient (Wildman–Crippen LogP) is 8.26.